The van der Waals surface area contributed by atoms with Gasteiger partial charge in [0.05, 0.1) is 10.6 Å². The molecule has 3 nitrogen and oxygen atoms in total. The van der Waals surface area contributed by atoms with Crippen LogP contribution in [0.3, 0.4) is 0 Å². The zero-order valence-electron chi connectivity index (χ0n) is 8.32. The molecule has 1 N–H and O–H groups in total. The number of nitrogens with zero attached hydrogens (tertiary/aromatic N) is 1. The third kappa shape index (κ3) is 1.36. The van der Waals surface area contributed by atoms with Crippen molar-refractivity contribution < 1.29 is 4.79 Å². The first-order chi connectivity index (χ1) is 7.36. The van der Waals surface area contributed by atoms with Crippen LogP contribution in [0.1, 0.15) is 17.7 Å². The van der Waals surface area contributed by atoms with Crippen molar-refractivity contribution >= 4 is 22.9 Å². The molecule has 4 heteroatoms. The molecule has 15 heavy (non-hydrogen) atoms. The van der Waals surface area contributed by atoms with E-state index in [-0.39, 0.29) is 5.91 Å². The molecule has 1 aromatic rings. The molecule has 1 aromatic heterocycles. The number of hydrogen-bond acceptors (Lipinski definition) is 3. The van der Waals surface area contributed by atoms with Crippen molar-refractivity contribution in [3.05, 3.63) is 28.1 Å². The van der Waals surface area contributed by atoms with E-state index in [1.54, 1.807) is 11.3 Å². The van der Waals surface area contributed by atoms with Gasteiger partial charge in [-0.25, -0.2) is 0 Å². The van der Waals surface area contributed by atoms with Crippen molar-refractivity contribution in [2.24, 2.45) is 0 Å². The molecule has 1 fully saturated rings. The molecule has 0 atom stereocenters. The highest BCUT2D eigenvalue weighted by atomic mass is 32.1. The Balaban J connectivity index is 2.06. The average molecular weight is 220 g/mol. The van der Waals surface area contributed by atoms with E-state index in [0.717, 1.165) is 19.5 Å². The molecular weight excluding hydrogens is 208 g/mol. The summed E-state index contributed by atoms with van der Waals surface area (Å²) in [6, 6.07) is 4.15. The fourth-order valence-corrected chi connectivity index (χ4v) is 2.98. The smallest absolute Gasteiger partial charge is 0.227 e. The highest BCUT2D eigenvalue weighted by Crippen LogP contribution is 2.32. The maximum absolute atomic E-state index is 11.6. The van der Waals surface area contributed by atoms with Gasteiger partial charge in [-0.05, 0) is 17.9 Å². The Morgan fingerprint density at radius 2 is 2.33 bits per heavy atom. The molecule has 0 unspecified atom stereocenters. The van der Waals surface area contributed by atoms with Crippen molar-refractivity contribution in [1.82, 2.24) is 10.2 Å². The Morgan fingerprint density at radius 3 is 3.13 bits per heavy atom. The Hall–Kier alpha value is -1.29. The number of carbonyl (C=O) groups is 1. The molecule has 0 aliphatic carbocycles. The quantitative estimate of drug-likeness (QED) is 0.780. The number of hydrogen-bond donors (Lipinski definition) is 1. The lowest BCUT2D eigenvalue weighted by molar-refractivity contribution is -0.126. The first-order valence-corrected chi connectivity index (χ1v) is 6.05. The first kappa shape index (κ1) is 8.97. The van der Waals surface area contributed by atoms with Gasteiger partial charge in [0.1, 0.15) is 0 Å². The van der Waals surface area contributed by atoms with Crippen LogP contribution in [0.4, 0.5) is 0 Å². The molecule has 2 aliphatic heterocycles. The standard InChI is InChI=1S/C11H12N2OS/c14-10-4-3-8-11(9-2-1-7-15-9)12-5-6-13(8)10/h1-2,7,12H,3-6H2. The van der Waals surface area contributed by atoms with E-state index in [1.165, 1.54) is 16.3 Å². The lowest BCUT2D eigenvalue weighted by Crippen LogP contribution is -2.37. The topological polar surface area (TPSA) is 32.3 Å². The Bertz CT molecular complexity index is 422. The van der Waals surface area contributed by atoms with Gasteiger partial charge >= 0.3 is 0 Å². The van der Waals surface area contributed by atoms with Crippen molar-refractivity contribution in [3.63, 3.8) is 0 Å². The Kier molecular flexibility index (Phi) is 2.02. The molecular formula is C11H12N2OS. The van der Waals surface area contributed by atoms with Gasteiger partial charge in [-0.2, -0.15) is 0 Å². The summed E-state index contributed by atoms with van der Waals surface area (Å²) in [6.45, 7) is 1.69. The van der Waals surface area contributed by atoms with Crippen LogP contribution in [0.2, 0.25) is 0 Å². The molecule has 0 aromatic carbocycles. The van der Waals surface area contributed by atoms with Gasteiger partial charge in [0.2, 0.25) is 5.91 Å². The number of amides is 1. The van der Waals surface area contributed by atoms with Crippen LogP contribution < -0.4 is 5.32 Å². The molecule has 0 saturated carbocycles. The zero-order valence-corrected chi connectivity index (χ0v) is 9.14. The number of carbonyl (C=O) groups excluding carboxylic acids is 1. The third-order valence-corrected chi connectivity index (χ3v) is 3.78. The maximum Gasteiger partial charge on any atom is 0.227 e. The van der Waals surface area contributed by atoms with E-state index in [9.17, 15) is 4.79 Å². The van der Waals surface area contributed by atoms with E-state index in [1.807, 2.05) is 11.0 Å². The minimum Gasteiger partial charge on any atom is -0.381 e. The van der Waals surface area contributed by atoms with E-state index < -0.39 is 0 Å². The van der Waals surface area contributed by atoms with E-state index >= 15 is 0 Å². The fraction of sp³-hybridized carbons (Fsp3) is 0.364. The summed E-state index contributed by atoms with van der Waals surface area (Å²) in [5.74, 6) is 0.278. The molecule has 0 bridgehead atoms. The SMILES string of the molecule is O=C1CCC2=C(c3cccs3)NCCN12. The second-order valence-corrected chi connectivity index (χ2v) is 4.72. The number of rotatable bonds is 1. The van der Waals surface area contributed by atoms with Gasteiger partial charge < -0.3 is 10.2 Å². The van der Waals surface area contributed by atoms with Crippen LogP contribution in [0.15, 0.2) is 23.2 Å². The average Bonchev–Trinajstić information content (AvgIpc) is 2.88. The predicted octanol–water partition coefficient (Wildman–Crippen LogP) is 1.64. The zero-order chi connectivity index (χ0) is 10.3. The van der Waals surface area contributed by atoms with Gasteiger partial charge in [-0.15, -0.1) is 11.3 Å². The summed E-state index contributed by atoms with van der Waals surface area (Å²) in [5.41, 5.74) is 2.36. The molecule has 0 spiro atoms. The van der Waals surface area contributed by atoms with Crippen molar-refractivity contribution in [3.8, 4) is 0 Å². The third-order valence-electron chi connectivity index (χ3n) is 2.90. The summed E-state index contributed by atoms with van der Waals surface area (Å²) >= 11 is 1.72. The van der Waals surface area contributed by atoms with E-state index in [2.05, 4.69) is 16.8 Å². The van der Waals surface area contributed by atoms with Gasteiger partial charge in [0.25, 0.3) is 0 Å². The Morgan fingerprint density at radius 1 is 1.40 bits per heavy atom. The normalized spacial score (nSPS) is 20.5. The highest BCUT2D eigenvalue weighted by molar-refractivity contribution is 7.11. The van der Waals surface area contributed by atoms with Crippen molar-refractivity contribution in [2.75, 3.05) is 13.1 Å². The van der Waals surface area contributed by atoms with Gasteiger partial charge in [0.15, 0.2) is 0 Å². The number of allylic oxidation sites excluding steroid dienone is 1. The highest BCUT2D eigenvalue weighted by Gasteiger charge is 2.31. The number of fused-ring (bicyclic) bond motifs is 1. The van der Waals surface area contributed by atoms with Gasteiger partial charge in [-0.3, -0.25) is 4.79 Å². The molecule has 1 amide bonds. The van der Waals surface area contributed by atoms with E-state index in [4.69, 9.17) is 0 Å². The lowest BCUT2D eigenvalue weighted by Gasteiger charge is -2.27. The molecule has 1 saturated heterocycles. The second kappa shape index (κ2) is 3.38. The van der Waals surface area contributed by atoms with Gasteiger partial charge in [-0.1, -0.05) is 6.07 Å². The molecule has 78 valence electrons. The Labute approximate surface area is 92.4 Å². The molecule has 3 rings (SSSR count). The summed E-state index contributed by atoms with van der Waals surface area (Å²) in [7, 11) is 0. The fourth-order valence-electron chi connectivity index (χ4n) is 2.21. The minimum absolute atomic E-state index is 0.278. The summed E-state index contributed by atoms with van der Waals surface area (Å²) in [4.78, 5) is 14.8. The molecule has 2 aliphatic rings. The molecule has 0 radical (unpaired) electrons. The maximum atomic E-state index is 11.6. The van der Waals surface area contributed by atoms with Crippen molar-refractivity contribution in [2.45, 2.75) is 12.8 Å². The summed E-state index contributed by atoms with van der Waals surface area (Å²) < 4.78 is 0. The van der Waals surface area contributed by atoms with Crippen LogP contribution in [0.25, 0.3) is 5.70 Å². The van der Waals surface area contributed by atoms with E-state index in [0.29, 0.717) is 6.42 Å². The first-order valence-electron chi connectivity index (χ1n) is 5.17. The monoisotopic (exact) mass is 220 g/mol. The minimum atomic E-state index is 0.278. The van der Waals surface area contributed by atoms with Crippen LogP contribution >= 0.6 is 11.3 Å². The van der Waals surface area contributed by atoms with Crippen LogP contribution in [-0.2, 0) is 4.79 Å². The number of nitrogens with one attached hydrogen (secondary N) is 1. The largest absolute Gasteiger partial charge is 0.381 e. The van der Waals surface area contributed by atoms with Crippen LogP contribution in [0, 0.1) is 0 Å². The van der Waals surface area contributed by atoms with Crippen LogP contribution in [0.5, 0.6) is 0 Å². The van der Waals surface area contributed by atoms with Crippen LogP contribution in [-0.4, -0.2) is 23.9 Å². The van der Waals surface area contributed by atoms with Gasteiger partial charge in [0, 0.05) is 25.2 Å². The lowest BCUT2D eigenvalue weighted by atomic mass is 10.2. The summed E-state index contributed by atoms with van der Waals surface area (Å²) in [6.07, 6.45) is 1.56. The predicted molar refractivity (Wildman–Crippen MR) is 60.2 cm³/mol. The summed E-state index contributed by atoms with van der Waals surface area (Å²) in [5, 5.41) is 5.48. The molecule has 3 heterocycles. The number of thiophene rings is 1. The second-order valence-electron chi connectivity index (χ2n) is 3.77. The van der Waals surface area contributed by atoms with Crippen molar-refractivity contribution in [1.29, 1.82) is 0 Å².